The first-order valence-corrected chi connectivity index (χ1v) is 5.21. The number of aliphatic hydroxyl groups excluding tert-OH is 1. The van der Waals surface area contributed by atoms with Crippen molar-refractivity contribution < 1.29 is 14.7 Å². The molecule has 0 rings (SSSR count). The monoisotopic (exact) mass is 216 g/mol. The van der Waals surface area contributed by atoms with Crippen molar-refractivity contribution in [3.05, 3.63) is 0 Å². The summed E-state index contributed by atoms with van der Waals surface area (Å²) >= 11 is 0. The van der Waals surface area contributed by atoms with Crippen LogP contribution in [0.4, 0.5) is 0 Å². The zero-order valence-corrected chi connectivity index (χ0v) is 9.32. The number of Topliss-reactive ketones (excluding diaryl/α,β-unsaturated/α-hetero) is 1. The molecule has 2 atom stereocenters. The first-order chi connectivity index (χ1) is 7.01. The third kappa shape index (κ3) is 6.19. The van der Waals surface area contributed by atoms with Gasteiger partial charge in [0.05, 0.1) is 18.6 Å². The molecule has 0 saturated heterocycles. The van der Waals surface area contributed by atoms with Crippen LogP contribution in [-0.4, -0.2) is 35.5 Å². The van der Waals surface area contributed by atoms with E-state index in [1.54, 1.807) is 6.92 Å². The second-order valence-electron chi connectivity index (χ2n) is 3.57. The molecule has 0 aliphatic rings. The Labute approximate surface area is 90.0 Å². The van der Waals surface area contributed by atoms with E-state index in [1.165, 1.54) is 6.92 Å². The lowest BCUT2D eigenvalue weighted by Gasteiger charge is -2.16. The molecule has 0 heterocycles. The zero-order chi connectivity index (χ0) is 11.8. The van der Waals surface area contributed by atoms with Crippen LogP contribution in [0.15, 0.2) is 0 Å². The molecule has 0 aliphatic heterocycles. The van der Waals surface area contributed by atoms with Crippen LogP contribution in [0.25, 0.3) is 0 Å². The SMILES string of the molecule is CCC(=O)[C@H](CCN)NC(=O)CC(C)O. The lowest BCUT2D eigenvalue weighted by Crippen LogP contribution is -2.42. The molecule has 15 heavy (non-hydrogen) atoms. The van der Waals surface area contributed by atoms with Crippen molar-refractivity contribution >= 4 is 11.7 Å². The fourth-order valence-corrected chi connectivity index (χ4v) is 1.25. The maximum atomic E-state index is 11.4. The normalized spacial score (nSPS) is 14.4. The third-order valence-electron chi connectivity index (χ3n) is 2.01. The summed E-state index contributed by atoms with van der Waals surface area (Å²) in [5.41, 5.74) is 5.35. The molecule has 5 heteroatoms. The number of amides is 1. The van der Waals surface area contributed by atoms with Gasteiger partial charge in [-0.2, -0.15) is 0 Å². The maximum absolute atomic E-state index is 11.4. The van der Waals surface area contributed by atoms with Gasteiger partial charge in [-0.3, -0.25) is 9.59 Å². The minimum absolute atomic E-state index is 0.0120. The average molecular weight is 216 g/mol. The van der Waals surface area contributed by atoms with Gasteiger partial charge in [0.1, 0.15) is 0 Å². The Bertz CT molecular complexity index is 217. The van der Waals surface area contributed by atoms with Gasteiger partial charge in [-0.05, 0) is 19.9 Å². The summed E-state index contributed by atoms with van der Waals surface area (Å²) in [4.78, 5) is 22.7. The molecule has 0 radical (unpaired) electrons. The summed E-state index contributed by atoms with van der Waals surface area (Å²) in [6, 6.07) is -0.508. The minimum atomic E-state index is -0.694. The van der Waals surface area contributed by atoms with Gasteiger partial charge in [0.2, 0.25) is 5.91 Å². The smallest absolute Gasteiger partial charge is 0.223 e. The predicted octanol–water partition coefficient (Wildman–Crippen LogP) is -0.430. The first kappa shape index (κ1) is 14.1. The highest BCUT2D eigenvalue weighted by Crippen LogP contribution is 1.98. The van der Waals surface area contributed by atoms with Gasteiger partial charge in [-0.15, -0.1) is 0 Å². The molecular weight excluding hydrogens is 196 g/mol. The number of nitrogens with one attached hydrogen (secondary N) is 1. The van der Waals surface area contributed by atoms with Crippen molar-refractivity contribution in [3.63, 3.8) is 0 Å². The van der Waals surface area contributed by atoms with Crippen molar-refractivity contribution in [1.29, 1.82) is 0 Å². The molecule has 0 fully saturated rings. The van der Waals surface area contributed by atoms with E-state index in [4.69, 9.17) is 10.8 Å². The van der Waals surface area contributed by atoms with Gasteiger partial charge in [0.15, 0.2) is 5.78 Å². The Kier molecular flexibility index (Phi) is 6.90. The molecule has 1 amide bonds. The fourth-order valence-electron chi connectivity index (χ4n) is 1.25. The Balaban J connectivity index is 4.15. The van der Waals surface area contributed by atoms with Crippen molar-refractivity contribution in [2.45, 2.75) is 45.3 Å². The van der Waals surface area contributed by atoms with E-state index in [0.29, 0.717) is 19.4 Å². The quantitative estimate of drug-likeness (QED) is 0.538. The number of carbonyl (C=O) groups is 2. The lowest BCUT2D eigenvalue weighted by molar-refractivity contribution is -0.128. The van der Waals surface area contributed by atoms with Crippen LogP contribution in [0.3, 0.4) is 0 Å². The average Bonchev–Trinajstić information content (AvgIpc) is 2.14. The second-order valence-corrected chi connectivity index (χ2v) is 3.57. The van der Waals surface area contributed by atoms with Crippen LogP contribution in [0.2, 0.25) is 0 Å². The minimum Gasteiger partial charge on any atom is -0.393 e. The maximum Gasteiger partial charge on any atom is 0.223 e. The van der Waals surface area contributed by atoms with Gasteiger partial charge in [0, 0.05) is 6.42 Å². The Morgan fingerprint density at radius 2 is 2.07 bits per heavy atom. The van der Waals surface area contributed by atoms with E-state index in [9.17, 15) is 9.59 Å². The van der Waals surface area contributed by atoms with Gasteiger partial charge in [0.25, 0.3) is 0 Å². The Morgan fingerprint density at radius 1 is 1.47 bits per heavy atom. The molecule has 0 aromatic carbocycles. The lowest BCUT2D eigenvalue weighted by atomic mass is 10.1. The summed E-state index contributed by atoms with van der Waals surface area (Å²) in [6.45, 7) is 3.62. The molecule has 0 aliphatic carbocycles. The van der Waals surface area contributed by atoms with Gasteiger partial charge >= 0.3 is 0 Å². The van der Waals surface area contributed by atoms with Crippen LogP contribution in [0.5, 0.6) is 0 Å². The fraction of sp³-hybridized carbons (Fsp3) is 0.800. The summed E-state index contributed by atoms with van der Waals surface area (Å²) in [5.74, 6) is -0.343. The largest absolute Gasteiger partial charge is 0.393 e. The number of nitrogens with two attached hydrogens (primary N) is 1. The summed E-state index contributed by atoms with van der Waals surface area (Å²) in [6.07, 6.45) is 0.135. The van der Waals surface area contributed by atoms with Crippen molar-refractivity contribution in [2.75, 3.05) is 6.54 Å². The highest BCUT2D eigenvalue weighted by Gasteiger charge is 2.18. The standard InChI is InChI=1S/C10H20N2O3/c1-3-9(14)8(4-5-11)12-10(15)6-7(2)13/h7-8,13H,3-6,11H2,1-2H3,(H,12,15)/t7?,8-/m0/s1. The van der Waals surface area contributed by atoms with Crippen molar-refractivity contribution in [3.8, 4) is 0 Å². The van der Waals surface area contributed by atoms with Crippen molar-refractivity contribution in [1.82, 2.24) is 5.32 Å². The second kappa shape index (κ2) is 7.36. The Hall–Kier alpha value is -0.940. The number of carbonyl (C=O) groups excluding carboxylic acids is 2. The summed E-state index contributed by atoms with van der Waals surface area (Å²) in [5, 5.41) is 11.6. The van der Waals surface area contributed by atoms with E-state index in [2.05, 4.69) is 5.32 Å². The molecule has 0 aromatic heterocycles. The number of ketones is 1. The van der Waals surface area contributed by atoms with Crippen LogP contribution < -0.4 is 11.1 Å². The van der Waals surface area contributed by atoms with E-state index >= 15 is 0 Å². The van der Waals surface area contributed by atoms with E-state index in [0.717, 1.165) is 0 Å². The third-order valence-corrected chi connectivity index (χ3v) is 2.01. The topological polar surface area (TPSA) is 92.4 Å². The van der Waals surface area contributed by atoms with E-state index < -0.39 is 12.1 Å². The van der Waals surface area contributed by atoms with Gasteiger partial charge in [-0.25, -0.2) is 0 Å². The van der Waals surface area contributed by atoms with Gasteiger partial charge in [-0.1, -0.05) is 6.92 Å². The zero-order valence-electron chi connectivity index (χ0n) is 9.32. The van der Waals surface area contributed by atoms with E-state index in [-0.39, 0.29) is 18.1 Å². The predicted molar refractivity (Wildman–Crippen MR) is 57.2 cm³/mol. The summed E-state index contributed by atoms with van der Waals surface area (Å²) in [7, 11) is 0. The molecule has 88 valence electrons. The first-order valence-electron chi connectivity index (χ1n) is 5.21. The number of aliphatic hydroxyl groups is 1. The molecule has 0 aromatic rings. The molecular formula is C10H20N2O3. The number of hydrogen-bond donors (Lipinski definition) is 3. The van der Waals surface area contributed by atoms with Crippen LogP contribution in [-0.2, 0) is 9.59 Å². The van der Waals surface area contributed by atoms with Crippen molar-refractivity contribution in [2.24, 2.45) is 5.73 Å². The van der Waals surface area contributed by atoms with Crippen LogP contribution in [0, 0.1) is 0 Å². The Morgan fingerprint density at radius 3 is 2.47 bits per heavy atom. The highest BCUT2D eigenvalue weighted by atomic mass is 16.3. The molecule has 0 saturated carbocycles. The number of hydrogen-bond acceptors (Lipinski definition) is 4. The molecule has 0 spiro atoms. The van der Waals surface area contributed by atoms with E-state index in [1.807, 2.05) is 0 Å². The highest BCUT2D eigenvalue weighted by molar-refractivity contribution is 5.88. The molecule has 4 N–H and O–H groups in total. The molecule has 1 unspecified atom stereocenters. The number of rotatable bonds is 7. The van der Waals surface area contributed by atoms with Crippen LogP contribution >= 0.6 is 0 Å². The van der Waals surface area contributed by atoms with Gasteiger partial charge < -0.3 is 16.2 Å². The molecule has 0 bridgehead atoms. The summed E-state index contributed by atoms with van der Waals surface area (Å²) < 4.78 is 0. The molecule has 5 nitrogen and oxygen atoms in total. The van der Waals surface area contributed by atoms with Crippen LogP contribution in [0.1, 0.15) is 33.1 Å².